The predicted octanol–water partition coefficient (Wildman–Crippen LogP) is 2.80. The topological polar surface area (TPSA) is 60.4 Å². The zero-order valence-electron chi connectivity index (χ0n) is 12.4. The molecule has 1 aromatic rings. The number of hydrogen-bond donors (Lipinski definition) is 0. The number of methoxy groups -OCH3 is 1. The summed E-state index contributed by atoms with van der Waals surface area (Å²) in [5.74, 6) is -5.12. The Labute approximate surface area is 122 Å². The van der Waals surface area contributed by atoms with Gasteiger partial charge in [0.05, 0.1) is 0 Å². The Hall–Kier alpha value is -1.95. The van der Waals surface area contributed by atoms with Gasteiger partial charge in [0.2, 0.25) is 5.78 Å². The third-order valence-electron chi connectivity index (χ3n) is 2.48. The van der Waals surface area contributed by atoms with Crippen molar-refractivity contribution in [3.05, 3.63) is 35.4 Å². The maximum atomic E-state index is 12.2. The molecule has 0 bridgehead atoms. The van der Waals surface area contributed by atoms with E-state index in [2.05, 4.69) is 4.74 Å². The molecule has 0 radical (unpaired) electrons. The smallest absolute Gasteiger partial charge is 0.297 e. The predicted molar refractivity (Wildman–Crippen MR) is 73.9 cm³/mol. The molecule has 0 aliphatic heterocycles. The first-order chi connectivity index (χ1) is 9.95. The Balaban J connectivity index is 0.000000713. The molecular formula is C15H18F2O4. The van der Waals surface area contributed by atoms with Gasteiger partial charge in [0.1, 0.15) is 5.92 Å². The molecule has 21 heavy (non-hydrogen) atoms. The lowest BCUT2D eigenvalue weighted by Gasteiger charge is -2.03. The van der Waals surface area contributed by atoms with E-state index in [1.807, 2.05) is 13.8 Å². The van der Waals surface area contributed by atoms with Gasteiger partial charge in [0, 0.05) is 25.3 Å². The Morgan fingerprint density at radius 1 is 1.05 bits per heavy atom. The summed E-state index contributed by atoms with van der Waals surface area (Å²) < 4.78 is 28.6. The number of ether oxygens (including phenoxy) is 1. The number of rotatable bonds is 2. The van der Waals surface area contributed by atoms with E-state index < -0.39 is 29.7 Å². The van der Waals surface area contributed by atoms with Gasteiger partial charge in [0.15, 0.2) is 11.6 Å². The van der Waals surface area contributed by atoms with Gasteiger partial charge in [-0.1, -0.05) is 38.1 Å². The zero-order valence-corrected chi connectivity index (χ0v) is 12.4. The van der Waals surface area contributed by atoms with Crippen LogP contribution in [-0.2, 0) is 9.53 Å². The summed E-state index contributed by atoms with van der Waals surface area (Å²) in [6.45, 7) is 4.00. The van der Waals surface area contributed by atoms with E-state index in [4.69, 9.17) is 0 Å². The summed E-state index contributed by atoms with van der Waals surface area (Å²) in [6, 6.07) is 5.74. The first-order valence-corrected chi connectivity index (χ1v) is 6.35. The minimum absolute atomic E-state index is 0.0477. The van der Waals surface area contributed by atoms with Crippen LogP contribution in [0.2, 0.25) is 0 Å². The Morgan fingerprint density at radius 2 is 1.38 bits per heavy atom. The number of benzene rings is 1. The van der Waals surface area contributed by atoms with Crippen molar-refractivity contribution in [2.24, 2.45) is 5.92 Å². The van der Waals surface area contributed by atoms with Gasteiger partial charge in [0.25, 0.3) is 6.43 Å². The second-order valence-corrected chi connectivity index (χ2v) is 3.82. The summed E-state index contributed by atoms with van der Waals surface area (Å²) in [5, 5.41) is 0. The molecule has 6 heteroatoms. The number of Topliss-reactive ketones (excluding diaryl/α,β-unsaturated/α-hetero) is 3. The third-order valence-corrected chi connectivity index (χ3v) is 2.48. The lowest BCUT2D eigenvalue weighted by Crippen LogP contribution is -2.30. The molecule has 0 spiro atoms. The van der Waals surface area contributed by atoms with E-state index in [0.29, 0.717) is 0 Å². The maximum Gasteiger partial charge on any atom is 0.297 e. The van der Waals surface area contributed by atoms with Gasteiger partial charge in [-0.25, -0.2) is 8.78 Å². The quantitative estimate of drug-likeness (QED) is 0.788. The van der Waals surface area contributed by atoms with E-state index >= 15 is 0 Å². The molecule has 0 saturated carbocycles. The molecule has 2 rings (SSSR count). The van der Waals surface area contributed by atoms with Crippen molar-refractivity contribution in [1.29, 1.82) is 0 Å². The average Bonchev–Trinajstić information content (AvgIpc) is 2.74. The van der Waals surface area contributed by atoms with Gasteiger partial charge in [-0.05, 0) is 0 Å². The minimum atomic E-state index is -3.30. The highest BCUT2D eigenvalue weighted by molar-refractivity contribution is 6.35. The van der Waals surface area contributed by atoms with Gasteiger partial charge in [-0.3, -0.25) is 14.4 Å². The van der Waals surface area contributed by atoms with Crippen LogP contribution in [0.25, 0.3) is 0 Å². The molecule has 0 amide bonds. The number of carbonyl (C=O) groups excluding carboxylic acids is 3. The molecule has 0 unspecified atom stereocenters. The largest absolute Gasteiger partial charge is 0.388 e. The summed E-state index contributed by atoms with van der Waals surface area (Å²) in [4.78, 5) is 34.2. The van der Waals surface area contributed by atoms with Crippen molar-refractivity contribution in [2.75, 3.05) is 14.2 Å². The number of alkyl halides is 2. The van der Waals surface area contributed by atoms with E-state index in [9.17, 15) is 23.2 Å². The van der Waals surface area contributed by atoms with Crippen molar-refractivity contribution >= 4 is 17.3 Å². The Kier molecular flexibility index (Phi) is 8.23. The molecule has 0 fully saturated rings. The average molecular weight is 300 g/mol. The van der Waals surface area contributed by atoms with Crippen molar-refractivity contribution in [3.63, 3.8) is 0 Å². The molecular weight excluding hydrogens is 282 g/mol. The maximum absolute atomic E-state index is 12.2. The molecule has 1 aromatic carbocycles. The molecule has 1 aliphatic carbocycles. The lowest BCUT2D eigenvalue weighted by atomic mass is 9.99. The third kappa shape index (κ3) is 4.26. The van der Waals surface area contributed by atoms with E-state index in [-0.39, 0.29) is 11.1 Å². The van der Waals surface area contributed by atoms with Crippen LogP contribution in [0.3, 0.4) is 0 Å². The van der Waals surface area contributed by atoms with E-state index in [0.717, 1.165) is 0 Å². The number of ketones is 3. The van der Waals surface area contributed by atoms with Crippen molar-refractivity contribution in [1.82, 2.24) is 0 Å². The van der Waals surface area contributed by atoms with Crippen LogP contribution >= 0.6 is 0 Å². The Bertz CT molecular complexity index is 477. The van der Waals surface area contributed by atoms with Crippen LogP contribution in [0.4, 0.5) is 8.78 Å². The van der Waals surface area contributed by atoms with Crippen molar-refractivity contribution in [2.45, 2.75) is 20.3 Å². The van der Waals surface area contributed by atoms with Crippen LogP contribution in [-0.4, -0.2) is 38.0 Å². The molecule has 0 N–H and O–H groups in total. The fraction of sp³-hybridized carbons (Fsp3) is 0.400. The van der Waals surface area contributed by atoms with Crippen LogP contribution in [0.5, 0.6) is 0 Å². The number of hydrogen-bond acceptors (Lipinski definition) is 4. The summed E-state index contributed by atoms with van der Waals surface area (Å²) in [6.07, 6.45) is -3.30. The standard InChI is InChI=1S/C11H6F2O3.C2H6O.C2H6/c12-11(13)10(16)7-8(14)5-3-1-2-4-6(5)9(7)15;1-3-2;1-2/h1-4,7,11H;1-2H3;1-2H3. The van der Waals surface area contributed by atoms with E-state index in [1.165, 1.54) is 24.3 Å². The highest BCUT2D eigenvalue weighted by atomic mass is 19.3. The SMILES string of the molecule is CC.COC.O=C1c2ccccc2C(=O)C1C(=O)C(F)F. The second kappa shape index (κ2) is 9.07. The van der Waals surface area contributed by atoms with E-state index in [1.54, 1.807) is 14.2 Å². The molecule has 4 nitrogen and oxygen atoms in total. The van der Waals surface area contributed by atoms with Crippen LogP contribution < -0.4 is 0 Å². The summed E-state index contributed by atoms with van der Waals surface area (Å²) >= 11 is 0. The normalized spacial score (nSPS) is 13.1. The fourth-order valence-corrected chi connectivity index (χ4v) is 1.73. The molecule has 0 heterocycles. The number of halogens is 2. The highest BCUT2D eigenvalue weighted by Gasteiger charge is 2.45. The first kappa shape index (κ1) is 19.1. The fourth-order valence-electron chi connectivity index (χ4n) is 1.73. The summed E-state index contributed by atoms with van der Waals surface area (Å²) in [7, 11) is 3.25. The van der Waals surface area contributed by atoms with Crippen LogP contribution in [0, 0.1) is 5.92 Å². The monoisotopic (exact) mass is 300 g/mol. The van der Waals surface area contributed by atoms with Crippen molar-refractivity contribution in [3.8, 4) is 0 Å². The van der Waals surface area contributed by atoms with Crippen molar-refractivity contribution < 1.29 is 27.9 Å². The highest BCUT2D eigenvalue weighted by Crippen LogP contribution is 2.28. The molecule has 0 atom stereocenters. The van der Waals surface area contributed by atoms with Gasteiger partial charge in [-0.2, -0.15) is 0 Å². The van der Waals surface area contributed by atoms with Gasteiger partial charge < -0.3 is 4.74 Å². The second-order valence-electron chi connectivity index (χ2n) is 3.82. The Morgan fingerprint density at radius 3 is 1.67 bits per heavy atom. The van der Waals surface area contributed by atoms with Gasteiger partial charge >= 0.3 is 0 Å². The van der Waals surface area contributed by atoms with Crippen LogP contribution in [0.15, 0.2) is 24.3 Å². The molecule has 116 valence electrons. The van der Waals surface area contributed by atoms with Gasteiger partial charge in [-0.15, -0.1) is 0 Å². The zero-order chi connectivity index (χ0) is 16.6. The number of carbonyl (C=O) groups is 3. The molecule has 1 aliphatic rings. The first-order valence-electron chi connectivity index (χ1n) is 6.35. The number of fused-ring (bicyclic) bond motifs is 1. The molecule has 0 saturated heterocycles. The molecule has 0 aromatic heterocycles. The summed E-state index contributed by atoms with van der Waals surface area (Å²) in [5.41, 5.74) is 0.0954. The minimum Gasteiger partial charge on any atom is -0.388 e. The lowest BCUT2D eigenvalue weighted by molar-refractivity contribution is -0.130. The van der Waals surface area contributed by atoms with Crippen LogP contribution in [0.1, 0.15) is 34.6 Å².